The molecule has 0 radical (unpaired) electrons. The SMILES string of the molecule is N#C/C(=N/Nc1ccc2nc(-c3ccccc3)[nH]c2c1)C(=O)NCc1ccccc1. The topological polar surface area (TPSA) is 106 Å². The number of nitrogens with one attached hydrogen (secondary N) is 3. The summed E-state index contributed by atoms with van der Waals surface area (Å²) in [5.41, 5.74) is 6.72. The van der Waals surface area contributed by atoms with Crippen molar-refractivity contribution >= 4 is 28.3 Å². The van der Waals surface area contributed by atoms with Crippen LogP contribution in [0, 0.1) is 11.3 Å². The lowest BCUT2D eigenvalue weighted by Gasteiger charge is -2.04. The number of imidazole rings is 1. The van der Waals surface area contributed by atoms with Crippen LogP contribution in [0.25, 0.3) is 22.4 Å². The van der Waals surface area contributed by atoms with Gasteiger partial charge in [0.2, 0.25) is 5.71 Å². The highest BCUT2D eigenvalue weighted by atomic mass is 16.1. The first-order chi connectivity index (χ1) is 14.7. The molecule has 146 valence electrons. The number of anilines is 1. The summed E-state index contributed by atoms with van der Waals surface area (Å²) in [5.74, 6) is 0.229. The van der Waals surface area contributed by atoms with Crippen LogP contribution < -0.4 is 10.7 Å². The second-order valence-corrected chi connectivity index (χ2v) is 6.54. The van der Waals surface area contributed by atoms with Crippen molar-refractivity contribution in [3.63, 3.8) is 0 Å². The molecule has 1 amide bonds. The maximum Gasteiger partial charge on any atom is 0.282 e. The molecule has 0 spiro atoms. The minimum atomic E-state index is -0.539. The van der Waals surface area contributed by atoms with Crippen LogP contribution in [-0.2, 0) is 11.3 Å². The first-order valence-corrected chi connectivity index (χ1v) is 9.34. The van der Waals surface area contributed by atoms with Crippen LogP contribution in [0.5, 0.6) is 0 Å². The summed E-state index contributed by atoms with van der Waals surface area (Å²) in [5, 5.41) is 15.9. The molecule has 0 atom stereocenters. The predicted octanol–water partition coefficient (Wildman–Crippen LogP) is 3.84. The predicted molar refractivity (Wildman–Crippen MR) is 116 cm³/mol. The fourth-order valence-corrected chi connectivity index (χ4v) is 2.92. The van der Waals surface area contributed by atoms with Crippen LogP contribution in [-0.4, -0.2) is 21.6 Å². The van der Waals surface area contributed by atoms with Gasteiger partial charge >= 0.3 is 0 Å². The average molecular weight is 394 g/mol. The van der Waals surface area contributed by atoms with Gasteiger partial charge in [-0.1, -0.05) is 60.7 Å². The molecule has 3 aromatic carbocycles. The number of fused-ring (bicyclic) bond motifs is 1. The zero-order valence-corrected chi connectivity index (χ0v) is 16.0. The van der Waals surface area contributed by atoms with E-state index in [4.69, 9.17) is 0 Å². The highest BCUT2D eigenvalue weighted by Crippen LogP contribution is 2.22. The lowest BCUT2D eigenvalue weighted by atomic mass is 10.2. The van der Waals surface area contributed by atoms with Crippen LogP contribution in [0.4, 0.5) is 5.69 Å². The Morgan fingerprint density at radius 3 is 2.50 bits per heavy atom. The molecule has 0 fully saturated rings. The fraction of sp³-hybridized carbons (Fsp3) is 0.0435. The summed E-state index contributed by atoms with van der Waals surface area (Å²) in [4.78, 5) is 20.1. The molecule has 0 aliphatic heterocycles. The smallest absolute Gasteiger partial charge is 0.282 e. The minimum Gasteiger partial charge on any atom is -0.346 e. The molecule has 1 aromatic heterocycles. The van der Waals surface area contributed by atoms with Crippen LogP contribution in [0.15, 0.2) is 84.0 Å². The van der Waals surface area contributed by atoms with Crippen molar-refractivity contribution in [2.24, 2.45) is 5.10 Å². The number of hydrogen-bond donors (Lipinski definition) is 3. The van der Waals surface area contributed by atoms with Gasteiger partial charge in [-0.25, -0.2) is 4.98 Å². The van der Waals surface area contributed by atoms with Crippen molar-refractivity contribution < 1.29 is 4.79 Å². The Morgan fingerprint density at radius 1 is 1.03 bits per heavy atom. The molecule has 0 saturated carbocycles. The summed E-state index contributed by atoms with van der Waals surface area (Å²) in [7, 11) is 0. The number of hydrazone groups is 1. The molecule has 0 unspecified atom stereocenters. The second-order valence-electron chi connectivity index (χ2n) is 6.54. The molecule has 3 N–H and O–H groups in total. The van der Waals surface area contributed by atoms with Gasteiger partial charge in [0.15, 0.2) is 0 Å². The van der Waals surface area contributed by atoms with E-state index < -0.39 is 5.91 Å². The van der Waals surface area contributed by atoms with E-state index >= 15 is 0 Å². The average Bonchev–Trinajstić information content (AvgIpc) is 3.23. The summed E-state index contributed by atoms with van der Waals surface area (Å²) >= 11 is 0. The lowest BCUT2D eigenvalue weighted by molar-refractivity contribution is -0.114. The largest absolute Gasteiger partial charge is 0.346 e. The number of amides is 1. The van der Waals surface area contributed by atoms with E-state index in [0.717, 1.165) is 28.0 Å². The summed E-state index contributed by atoms with van der Waals surface area (Å²) < 4.78 is 0. The second kappa shape index (κ2) is 8.71. The van der Waals surface area contributed by atoms with Crippen LogP contribution >= 0.6 is 0 Å². The Hall–Kier alpha value is -4.44. The first-order valence-electron chi connectivity index (χ1n) is 9.34. The van der Waals surface area contributed by atoms with Gasteiger partial charge in [-0.2, -0.15) is 10.4 Å². The Labute approximate surface area is 173 Å². The molecule has 30 heavy (non-hydrogen) atoms. The van der Waals surface area contributed by atoms with Gasteiger partial charge in [0.25, 0.3) is 5.91 Å². The number of hydrogen-bond acceptors (Lipinski definition) is 5. The van der Waals surface area contributed by atoms with Crippen molar-refractivity contribution in [3.05, 3.63) is 84.4 Å². The summed E-state index contributed by atoms with van der Waals surface area (Å²) in [6, 6.07) is 26.6. The third-order valence-corrected chi connectivity index (χ3v) is 4.44. The van der Waals surface area contributed by atoms with Crippen molar-refractivity contribution in [1.29, 1.82) is 5.26 Å². The fourth-order valence-electron chi connectivity index (χ4n) is 2.92. The number of rotatable bonds is 6. The molecular formula is C23H18N6O. The zero-order valence-electron chi connectivity index (χ0n) is 16.0. The highest BCUT2D eigenvalue weighted by molar-refractivity contribution is 6.45. The van der Waals surface area contributed by atoms with Crippen LogP contribution in [0.1, 0.15) is 5.56 Å². The summed E-state index contributed by atoms with van der Waals surface area (Å²) in [6.07, 6.45) is 0. The standard InChI is InChI=1S/C23H18N6O/c24-14-21(23(30)25-15-16-7-3-1-4-8-16)29-28-18-11-12-19-20(13-18)27-22(26-19)17-9-5-2-6-10-17/h1-13,28H,15H2,(H,25,30)(H,26,27)/b29-21-. The van der Waals surface area contributed by atoms with Crippen molar-refractivity contribution in [3.8, 4) is 17.5 Å². The molecule has 4 rings (SSSR count). The minimum absolute atomic E-state index is 0.249. The number of H-pyrrole nitrogens is 1. The Kier molecular flexibility index (Phi) is 5.49. The molecular weight excluding hydrogens is 376 g/mol. The monoisotopic (exact) mass is 394 g/mol. The van der Waals surface area contributed by atoms with E-state index in [-0.39, 0.29) is 5.71 Å². The number of carbonyl (C=O) groups is 1. The van der Waals surface area contributed by atoms with Gasteiger partial charge in [0, 0.05) is 12.1 Å². The maximum absolute atomic E-state index is 12.2. The van der Waals surface area contributed by atoms with E-state index in [1.807, 2.05) is 78.9 Å². The van der Waals surface area contributed by atoms with Crippen molar-refractivity contribution in [1.82, 2.24) is 15.3 Å². The summed E-state index contributed by atoms with van der Waals surface area (Å²) in [6.45, 7) is 0.322. The Balaban J connectivity index is 1.46. The molecule has 4 aromatic rings. The number of aromatic amines is 1. The van der Waals surface area contributed by atoms with Crippen LogP contribution in [0.2, 0.25) is 0 Å². The first kappa shape index (κ1) is 18.9. The number of aromatic nitrogens is 2. The van der Waals surface area contributed by atoms with Gasteiger partial charge in [0.1, 0.15) is 11.9 Å². The van der Waals surface area contributed by atoms with Gasteiger partial charge in [-0.15, -0.1) is 0 Å². The zero-order chi connectivity index (χ0) is 20.8. The van der Waals surface area contributed by atoms with Crippen molar-refractivity contribution in [2.45, 2.75) is 6.54 Å². The number of nitriles is 1. The third kappa shape index (κ3) is 4.34. The van der Waals surface area contributed by atoms with Gasteiger partial charge in [0.05, 0.1) is 16.7 Å². The molecule has 7 heteroatoms. The molecule has 0 aliphatic carbocycles. The van der Waals surface area contributed by atoms with Crippen molar-refractivity contribution in [2.75, 3.05) is 5.43 Å². The normalized spacial score (nSPS) is 11.1. The van der Waals surface area contributed by atoms with Crippen LogP contribution in [0.3, 0.4) is 0 Å². The van der Waals surface area contributed by atoms with Gasteiger partial charge in [-0.3, -0.25) is 10.2 Å². The molecule has 7 nitrogen and oxygen atoms in total. The maximum atomic E-state index is 12.2. The lowest BCUT2D eigenvalue weighted by Crippen LogP contribution is -2.30. The van der Waals surface area contributed by atoms with Gasteiger partial charge in [-0.05, 0) is 23.8 Å². The molecule has 1 heterocycles. The highest BCUT2D eigenvalue weighted by Gasteiger charge is 2.11. The Morgan fingerprint density at radius 2 is 1.77 bits per heavy atom. The van der Waals surface area contributed by atoms with Gasteiger partial charge < -0.3 is 10.3 Å². The number of nitrogens with zero attached hydrogens (tertiary/aromatic N) is 3. The molecule has 0 bridgehead atoms. The molecule has 0 aliphatic rings. The van der Waals surface area contributed by atoms with E-state index in [0.29, 0.717) is 12.2 Å². The third-order valence-electron chi connectivity index (χ3n) is 4.44. The van der Waals surface area contributed by atoms with E-state index in [1.165, 1.54) is 0 Å². The number of carbonyl (C=O) groups excluding carboxylic acids is 1. The number of benzene rings is 3. The van der Waals surface area contributed by atoms with E-state index in [9.17, 15) is 10.1 Å². The van der Waals surface area contributed by atoms with E-state index in [2.05, 4.69) is 25.8 Å². The van der Waals surface area contributed by atoms with E-state index in [1.54, 1.807) is 6.07 Å². The molecule has 0 saturated heterocycles. The quantitative estimate of drug-likeness (QED) is 0.341. The Bertz CT molecular complexity index is 1240.